The summed E-state index contributed by atoms with van der Waals surface area (Å²) in [4.78, 5) is 23.2. The third kappa shape index (κ3) is 5.93. The van der Waals surface area contributed by atoms with Crippen LogP contribution < -0.4 is 10.2 Å². The molecule has 0 fully saturated rings. The quantitative estimate of drug-likeness (QED) is 0.467. The first-order chi connectivity index (χ1) is 12.1. The first kappa shape index (κ1) is 18.5. The Morgan fingerprint density at radius 2 is 1.88 bits per heavy atom. The average Bonchev–Trinajstić information content (AvgIpc) is 2.61. The molecule has 1 N–H and O–H groups in total. The van der Waals surface area contributed by atoms with Crippen molar-refractivity contribution < 1.29 is 19.1 Å². The summed E-state index contributed by atoms with van der Waals surface area (Å²) in [5, 5.41) is 4.25. The molecule has 6 nitrogen and oxygen atoms in total. The lowest BCUT2D eigenvalue weighted by atomic mass is 10.2. The van der Waals surface area contributed by atoms with Gasteiger partial charge in [0.15, 0.2) is 6.61 Å². The van der Waals surface area contributed by atoms with Crippen molar-refractivity contribution in [2.45, 2.75) is 6.92 Å². The minimum absolute atomic E-state index is 0.144. The fraction of sp³-hybridized carbons (Fsp3) is 0.167. The summed E-state index contributed by atoms with van der Waals surface area (Å²) in [6.07, 6.45) is 1.49. The smallest absolute Gasteiger partial charge is 0.344 e. The Kier molecular flexibility index (Phi) is 6.98. The van der Waals surface area contributed by atoms with Gasteiger partial charge in [-0.15, -0.1) is 0 Å². The average molecular weight is 361 g/mol. The number of benzene rings is 2. The molecule has 0 aliphatic rings. The number of hydrazone groups is 1. The van der Waals surface area contributed by atoms with E-state index in [1.165, 1.54) is 6.21 Å². The van der Waals surface area contributed by atoms with Gasteiger partial charge in [0.2, 0.25) is 0 Å². The molecule has 0 radical (unpaired) electrons. The molecule has 0 aliphatic heterocycles. The van der Waals surface area contributed by atoms with Crippen LogP contribution in [0.2, 0.25) is 5.02 Å². The lowest BCUT2D eigenvalue weighted by molar-refractivity contribution is -0.145. The van der Waals surface area contributed by atoms with E-state index in [4.69, 9.17) is 21.1 Å². The second kappa shape index (κ2) is 9.44. The number of amides is 1. The van der Waals surface area contributed by atoms with E-state index < -0.39 is 11.9 Å². The van der Waals surface area contributed by atoms with Crippen LogP contribution in [0.3, 0.4) is 0 Å². The normalized spacial score (nSPS) is 10.5. The van der Waals surface area contributed by atoms with Crippen LogP contribution in [0, 0.1) is 0 Å². The van der Waals surface area contributed by atoms with E-state index in [0.29, 0.717) is 22.9 Å². The molecule has 0 aliphatic carbocycles. The minimum Gasteiger partial charge on any atom is -0.482 e. The maximum absolute atomic E-state index is 11.9. The van der Waals surface area contributed by atoms with E-state index in [0.717, 1.165) is 5.56 Å². The van der Waals surface area contributed by atoms with Gasteiger partial charge in [-0.25, -0.2) is 10.2 Å². The highest BCUT2D eigenvalue weighted by atomic mass is 35.5. The van der Waals surface area contributed by atoms with Crippen molar-refractivity contribution in [1.82, 2.24) is 5.43 Å². The highest BCUT2D eigenvalue weighted by Crippen LogP contribution is 2.14. The van der Waals surface area contributed by atoms with Crippen molar-refractivity contribution in [3.8, 4) is 5.75 Å². The molecular weight excluding hydrogens is 344 g/mol. The molecule has 0 heterocycles. The second-order valence-electron chi connectivity index (χ2n) is 4.84. The number of halogens is 1. The van der Waals surface area contributed by atoms with Gasteiger partial charge in [0.1, 0.15) is 5.75 Å². The molecule has 0 saturated carbocycles. The lowest BCUT2D eigenvalue weighted by Crippen LogP contribution is -2.17. The Morgan fingerprint density at radius 1 is 1.16 bits per heavy atom. The summed E-state index contributed by atoms with van der Waals surface area (Å²) in [6, 6.07) is 13.6. The van der Waals surface area contributed by atoms with Gasteiger partial charge >= 0.3 is 5.97 Å². The number of nitrogens with zero attached hydrogens (tertiary/aromatic N) is 1. The Hall–Kier alpha value is -2.86. The Bertz CT molecular complexity index is 760. The highest BCUT2D eigenvalue weighted by molar-refractivity contribution is 6.33. The van der Waals surface area contributed by atoms with E-state index in [-0.39, 0.29) is 6.61 Å². The molecule has 0 bridgehead atoms. The molecule has 1 amide bonds. The van der Waals surface area contributed by atoms with Gasteiger partial charge in [-0.3, -0.25) is 4.79 Å². The molecule has 0 unspecified atom stereocenters. The molecular formula is C18H17ClN2O4. The summed E-state index contributed by atoms with van der Waals surface area (Å²) >= 11 is 5.94. The van der Waals surface area contributed by atoms with E-state index in [9.17, 15) is 9.59 Å². The zero-order chi connectivity index (χ0) is 18.1. The summed E-state index contributed by atoms with van der Waals surface area (Å²) in [5.74, 6) is -0.281. The lowest BCUT2D eigenvalue weighted by Gasteiger charge is -2.05. The maximum atomic E-state index is 11.9. The highest BCUT2D eigenvalue weighted by Gasteiger charge is 2.07. The second-order valence-corrected chi connectivity index (χ2v) is 5.25. The Morgan fingerprint density at radius 3 is 2.56 bits per heavy atom. The van der Waals surface area contributed by atoms with Crippen molar-refractivity contribution in [2.75, 3.05) is 13.2 Å². The molecule has 130 valence electrons. The number of carbonyl (C=O) groups is 2. The summed E-state index contributed by atoms with van der Waals surface area (Å²) < 4.78 is 10.1. The van der Waals surface area contributed by atoms with Gasteiger partial charge < -0.3 is 9.47 Å². The summed E-state index contributed by atoms with van der Waals surface area (Å²) in [7, 11) is 0. The fourth-order valence-electron chi connectivity index (χ4n) is 1.87. The van der Waals surface area contributed by atoms with Gasteiger partial charge in [-0.1, -0.05) is 23.7 Å². The molecule has 0 atom stereocenters. The van der Waals surface area contributed by atoms with E-state index in [1.54, 1.807) is 55.5 Å². The van der Waals surface area contributed by atoms with E-state index in [2.05, 4.69) is 10.5 Å². The van der Waals surface area contributed by atoms with Crippen molar-refractivity contribution in [3.05, 3.63) is 64.7 Å². The zero-order valence-electron chi connectivity index (χ0n) is 13.6. The van der Waals surface area contributed by atoms with Gasteiger partial charge in [0, 0.05) is 0 Å². The van der Waals surface area contributed by atoms with Crippen LogP contribution in [-0.4, -0.2) is 31.3 Å². The molecule has 0 saturated heterocycles. The monoisotopic (exact) mass is 360 g/mol. The van der Waals surface area contributed by atoms with Crippen molar-refractivity contribution in [1.29, 1.82) is 0 Å². The van der Waals surface area contributed by atoms with Crippen LogP contribution in [0.15, 0.2) is 53.6 Å². The van der Waals surface area contributed by atoms with Crippen LogP contribution >= 0.6 is 11.6 Å². The first-order valence-electron chi connectivity index (χ1n) is 7.56. The van der Waals surface area contributed by atoms with Crippen molar-refractivity contribution >= 4 is 29.7 Å². The Labute approximate surface area is 150 Å². The number of nitrogens with one attached hydrogen (secondary N) is 1. The standard InChI is InChI=1S/C18H17ClN2O4/c1-2-24-17(22)12-25-14-9-7-13(8-10-14)11-20-21-18(23)15-5-3-4-6-16(15)19/h3-11H,2,12H2,1H3,(H,21,23)/b20-11-. The van der Waals surface area contributed by atoms with E-state index in [1.807, 2.05) is 0 Å². The number of esters is 1. The largest absolute Gasteiger partial charge is 0.482 e. The number of ether oxygens (including phenoxy) is 2. The van der Waals surface area contributed by atoms with Crippen LogP contribution in [0.5, 0.6) is 5.75 Å². The molecule has 2 aromatic carbocycles. The SMILES string of the molecule is CCOC(=O)COc1ccc(/C=N\NC(=O)c2ccccc2Cl)cc1. The van der Waals surface area contributed by atoms with Crippen molar-refractivity contribution in [2.24, 2.45) is 5.10 Å². The number of hydrogen-bond acceptors (Lipinski definition) is 5. The predicted molar refractivity (Wildman–Crippen MR) is 95.1 cm³/mol. The minimum atomic E-state index is -0.421. The first-order valence-corrected chi connectivity index (χ1v) is 7.94. The van der Waals surface area contributed by atoms with Gasteiger partial charge in [0.05, 0.1) is 23.4 Å². The van der Waals surface area contributed by atoms with E-state index >= 15 is 0 Å². The topological polar surface area (TPSA) is 77.0 Å². The van der Waals surface area contributed by atoms with Crippen LogP contribution in [0.1, 0.15) is 22.8 Å². The third-order valence-corrected chi connectivity index (χ3v) is 3.37. The van der Waals surface area contributed by atoms with Crippen molar-refractivity contribution in [3.63, 3.8) is 0 Å². The number of hydrogen-bond donors (Lipinski definition) is 1. The molecule has 0 spiro atoms. The third-order valence-electron chi connectivity index (χ3n) is 3.04. The number of rotatable bonds is 7. The molecule has 0 aromatic heterocycles. The van der Waals surface area contributed by atoms with Crippen LogP contribution in [-0.2, 0) is 9.53 Å². The Balaban J connectivity index is 1.86. The maximum Gasteiger partial charge on any atom is 0.344 e. The summed E-state index contributed by atoms with van der Waals surface area (Å²) in [5.41, 5.74) is 3.51. The van der Waals surface area contributed by atoms with Gasteiger partial charge in [-0.05, 0) is 48.9 Å². The van der Waals surface area contributed by atoms with Crippen LogP contribution in [0.4, 0.5) is 0 Å². The molecule has 25 heavy (non-hydrogen) atoms. The van der Waals surface area contributed by atoms with Crippen LogP contribution in [0.25, 0.3) is 0 Å². The fourth-order valence-corrected chi connectivity index (χ4v) is 2.09. The predicted octanol–water partition coefficient (Wildman–Crippen LogP) is 3.05. The van der Waals surface area contributed by atoms with Gasteiger partial charge in [-0.2, -0.15) is 5.10 Å². The summed E-state index contributed by atoms with van der Waals surface area (Å²) in [6.45, 7) is 1.91. The number of carbonyl (C=O) groups excluding carboxylic acids is 2. The molecule has 2 aromatic rings. The zero-order valence-corrected chi connectivity index (χ0v) is 14.3. The molecule has 2 rings (SSSR count). The van der Waals surface area contributed by atoms with Gasteiger partial charge in [0.25, 0.3) is 5.91 Å². The molecule has 7 heteroatoms.